The molecule has 2 saturated heterocycles. The topological polar surface area (TPSA) is 30.5 Å². The smallest absolute Gasteiger partial charge is 0.403 e. The third kappa shape index (κ3) is 2.36. The first kappa shape index (κ1) is 13.9. The first-order chi connectivity index (χ1) is 8.91. The second-order valence-corrected chi connectivity index (χ2v) is 7.59. The Morgan fingerprint density at radius 1 is 0.947 bits per heavy atom. The SMILES string of the molecule is CC1(C)OB(C2CCNC3CCCCC32)OC1(C)C. The quantitative estimate of drug-likeness (QED) is 0.739. The highest BCUT2D eigenvalue weighted by atomic mass is 16.7. The van der Waals surface area contributed by atoms with Crippen molar-refractivity contribution in [3.05, 3.63) is 0 Å². The summed E-state index contributed by atoms with van der Waals surface area (Å²) in [5.74, 6) is 1.32. The lowest BCUT2D eigenvalue weighted by Crippen LogP contribution is -2.49. The molecule has 0 aromatic heterocycles. The van der Waals surface area contributed by atoms with Gasteiger partial charge in [-0.15, -0.1) is 0 Å². The normalized spacial score (nSPS) is 41.1. The molecule has 3 atom stereocenters. The lowest BCUT2D eigenvalue weighted by atomic mass is 9.57. The molecular weight excluding hydrogens is 237 g/mol. The van der Waals surface area contributed by atoms with Gasteiger partial charge in [0.15, 0.2) is 0 Å². The number of rotatable bonds is 1. The minimum atomic E-state index is -0.188. The molecule has 0 bridgehead atoms. The standard InChI is InChI=1S/C15H28BNO2/c1-14(2)15(3,4)19-16(18-14)12-9-10-17-13-8-6-5-7-11(12)13/h11-13,17H,5-10H2,1-4H3. The summed E-state index contributed by atoms with van der Waals surface area (Å²) in [7, 11) is -0.00213. The number of nitrogens with one attached hydrogen (secondary N) is 1. The molecule has 0 aromatic rings. The van der Waals surface area contributed by atoms with Crippen molar-refractivity contribution in [2.24, 2.45) is 5.92 Å². The molecule has 4 heteroatoms. The maximum atomic E-state index is 6.30. The molecule has 2 aliphatic heterocycles. The van der Waals surface area contributed by atoms with Crippen molar-refractivity contribution in [2.75, 3.05) is 6.54 Å². The van der Waals surface area contributed by atoms with E-state index in [2.05, 4.69) is 33.0 Å². The largest absolute Gasteiger partial charge is 0.461 e. The first-order valence-electron chi connectivity index (χ1n) is 8.00. The van der Waals surface area contributed by atoms with E-state index in [1.807, 2.05) is 0 Å². The highest BCUT2D eigenvalue weighted by Crippen LogP contribution is 2.47. The minimum Gasteiger partial charge on any atom is -0.403 e. The van der Waals surface area contributed by atoms with Crippen molar-refractivity contribution in [3.8, 4) is 0 Å². The third-order valence-corrected chi connectivity index (χ3v) is 5.87. The van der Waals surface area contributed by atoms with E-state index in [1.54, 1.807) is 0 Å². The summed E-state index contributed by atoms with van der Waals surface area (Å²) in [4.78, 5) is 0. The van der Waals surface area contributed by atoms with E-state index in [0.717, 1.165) is 12.5 Å². The van der Waals surface area contributed by atoms with Crippen LogP contribution in [0, 0.1) is 5.92 Å². The maximum absolute atomic E-state index is 6.30. The Labute approximate surface area is 118 Å². The maximum Gasteiger partial charge on any atom is 0.461 e. The second-order valence-electron chi connectivity index (χ2n) is 7.59. The van der Waals surface area contributed by atoms with Crippen molar-refractivity contribution in [3.63, 3.8) is 0 Å². The van der Waals surface area contributed by atoms with Gasteiger partial charge in [-0.1, -0.05) is 12.8 Å². The average molecular weight is 265 g/mol. The molecule has 3 fully saturated rings. The van der Waals surface area contributed by atoms with E-state index in [0.29, 0.717) is 11.9 Å². The fraction of sp³-hybridized carbons (Fsp3) is 1.00. The van der Waals surface area contributed by atoms with Gasteiger partial charge in [0.2, 0.25) is 0 Å². The molecule has 3 nitrogen and oxygen atoms in total. The van der Waals surface area contributed by atoms with Crippen LogP contribution in [0.25, 0.3) is 0 Å². The zero-order valence-electron chi connectivity index (χ0n) is 12.9. The Morgan fingerprint density at radius 2 is 1.58 bits per heavy atom. The van der Waals surface area contributed by atoms with Crippen LogP contribution in [-0.2, 0) is 9.31 Å². The number of fused-ring (bicyclic) bond motifs is 1. The predicted octanol–water partition coefficient (Wildman–Crippen LogP) is 3.00. The molecule has 3 aliphatic rings. The Morgan fingerprint density at radius 3 is 2.26 bits per heavy atom. The summed E-state index contributed by atoms with van der Waals surface area (Å²) in [5, 5.41) is 3.70. The van der Waals surface area contributed by atoms with Gasteiger partial charge in [0.25, 0.3) is 0 Å². The first-order valence-corrected chi connectivity index (χ1v) is 8.00. The Bertz CT molecular complexity index is 327. The molecule has 0 spiro atoms. The van der Waals surface area contributed by atoms with Gasteiger partial charge < -0.3 is 14.6 Å². The van der Waals surface area contributed by atoms with Crippen LogP contribution in [0.3, 0.4) is 0 Å². The van der Waals surface area contributed by atoms with Gasteiger partial charge in [-0.05, 0) is 65.2 Å². The zero-order valence-corrected chi connectivity index (χ0v) is 12.9. The van der Waals surface area contributed by atoms with Crippen molar-refractivity contribution < 1.29 is 9.31 Å². The van der Waals surface area contributed by atoms with Gasteiger partial charge in [0, 0.05) is 6.04 Å². The fourth-order valence-electron chi connectivity index (χ4n) is 3.98. The van der Waals surface area contributed by atoms with Crippen LogP contribution >= 0.6 is 0 Å². The van der Waals surface area contributed by atoms with Crippen molar-refractivity contribution in [1.82, 2.24) is 5.32 Å². The summed E-state index contributed by atoms with van der Waals surface area (Å²) in [6.07, 6.45) is 6.62. The molecular formula is C15H28BNO2. The van der Waals surface area contributed by atoms with Crippen molar-refractivity contribution in [1.29, 1.82) is 0 Å². The van der Waals surface area contributed by atoms with Gasteiger partial charge in [-0.2, -0.15) is 0 Å². The molecule has 0 aromatic carbocycles. The predicted molar refractivity (Wildman–Crippen MR) is 78.2 cm³/mol. The van der Waals surface area contributed by atoms with Crippen LogP contribution < -0.4 is 5.32 Å². The Balaban J connectivity index is 1.75. The monoisotopic (exact) mass is 265 g/mol. The Kier molecular flexibility index (Phi) is 3.47. The van der Waals surface area contributed by atoms with Crippen LogP contribution in [0.4, 0.5) is 0 Å². The van der Waals surface area contributed by atoms with E-state index in [9.17, 15) is 0 Å². The Hall–Kier alpha value is -0.0551. The number of hydrogen-bond acceptors (Lipinski definition) is 3. The number of hydrogen-bond donors (Lipinski definition) is 1. The van der Waals surface area contributed by atoms with Gasteiger partial charge >= 0.3 is 7.12 Å². The van der Waals surface area contributed by atoms with Gasteiger partial charge in [0.05, 0.1) is 11.2 Å². The number of piperidine rings is 1. The van der Waals surface area contributed by atoms with Gasteiger partial charge in [-0.25, -0.2) is 0 Å². The van der Waals surface area contributed by atoms with Crippen LogP contribution in [-0.4, -0.2) is 30.9 Å². The molecule has 0 radical (unpaired) electrons. The second kappa shape index (κ2) is 4.75. The van der Waals surface area contributed by atoms with E-state index in [1.165, 1.54) is 32.1 Å². The fourth-order valence-corrected chi connectivity index (χ4v) is 3.98. The third-order valence-electron chi connectivity index (χ3n) is 5.87. The lowest BCUT2D eigenvalue weighted by molar-refractivity contribution is 0.00578. The molecule has 1 aliphatic carbocycles. The lowest BCUT2D eigenvalue weighted by Gasteiger charge is -2.42. The summed E-state index contributed by atoms with van der Waals surface area (Å²) in [5.41, 5.74) is -0.376. The van der Waals surface area contributed by atoms with E-state index in [4.69, 9.17) is 9.31 Å². The summed E-state index contributed by atoms with van der Waals surface area (Å²) >= 11 is 0. The van der Waals surface area contributed by atoms with Crippen molar-refractivity contribution in [2.45, 2.75) is 82.9 Å². The van der Waals surface area contributed by atoms with Crippen LogP contribution in [0.2, 0.25) is 5.82 Å². The van der Waals surface area contributed by atoms with Crippen LogP contribution in [0.15, 0.2) is 0 Å². The van der Waals surface area contributed by atoms with Gasteiger partial charge in [0.1, 0.15) is 0 Å². The highest BCUT2D eigenvalue weighted by Gasteiger charge is 2.56. The average Bonchev–Trinajstić information content (AvgIpc) is 2.58. The summed E-state index contributed by atoms with van der Waals surface area (Å²) in [6.45, 7) is 9.76. The van der Waals surface area contributed by atoms with Crippen molar-refractivity contribution >= 4 is 7.12 Å². The van der Waals surface area contributed by atoms with E-state index >= 15 is 0 Å². The molecule has 0 amide bonds. The van der Waals surface area contributed by atoms with E-state index < -0.39 is 0 Å². The highest BCUT2D eigenvalue weighted by molar-refractivity contribution is 6.47. The van der Waals surface area contributed by atoms with Crippen LogP contribution in [0.5, 0.6) is 0 Å². The summed E-state index contributed by atoms with van der Waals surface area (Å²) < 4.78 is 12.6. The van der Waals surface area contributed by atoms with E-state index in [-0.39, 0.29) is 18.3 Å². The molecule has 19 heavy (non-hydrogen) atoms. The molecule has 2 heterocycles. The molecule has 1 saturated carbocycles. The zero-order chi connectivity index (χ0) is 13.7. The molecule has 3 rings (SSSR count). The summed E-state index contributed by atoms with van der Waals surface area (Å²) in [6, 6.07) is 0.700. The minimum absolute atomic E-state index is 0.00213. The van der Waals surface area contributed by atoms with Crippen LogP contribution in [0.1, 0.15) is 59.8 Å². The molecule has 1 N–H and O–H groups in total. The molecule has 108 valence electrons. The molecule has 3 unspecified atom stereocenters. The van der Waals surface area contributed by atoms with Gasteiger partial charge in [-0.3, -0.25) is 0 Å².